The van der Waals surface area contributed by atoms with E-state index in [9.17, 15) is 22.8 Å². The number of carbonyl (C=O) groups excluding carboxylic acids is 2. The van der Waals surface area contributed by atoms with Crippen molar-refractivity contribution in [2.45, 2.75) is 30.8 Å². The highest BCUT2D eigenvalue weighted by molar-refractivity contribution is 6.01. The number of Topliss-reactive ketones (excluding diaryl/α,β-unsaturated/α-hetero) is 1. The lowest BCUT2D eigenvalue weighted by atomic mass is 9.98. The number of benzene rings is 3. The maximum atomic E-state index is 13.1. The molecule has 5 nitrogen and oxygen atoms in total. The first-order chi connectivity index (χ1) is 16.8. The Morgan fingerprint density at radius 1 is 0.857 bits per heavy atom. The Morgan fingerprint density at radius 3 is 2.03 bits per heavy atom. The molecule has 35 heavy (non-hydrogen) atoms. The molecule has 180 valence electrons. The third-order valence-corrected chi connectivity index (χ3v) is 6.49. The minimum absolute atomic E-state index is 0.000399. The second kappa shape index (κ2) is 9.19. The summed E-state index contributed by atoms with van der Waals surface area (Å²) in [6.45, 7) is -0.389. The summed E-state index contributed by atoms with van der Waals surface area (Å²) in [6.07, 6.45) is -7.33. The Kier molecular flexibility index (Phi) is 6.06. The molecule has 0 unspecified atom stereocenters. The smallest absolute Gasteiger partial charge is 0.448 e. The van der Waals surface area contributed by atoms with Crippen molar-refractivity contribution in [3.05, 3.63) is 95.6 Å². The van der Waals surface area contributed by atoms with E-state index in [2.05, 4.69) is 4.74 Å². The number of alkyl halides is 3. The van der Waals surface area contributed by atoms with Crippen LogP contribution in [0.3, 0.4) is 0 Å². The van der Waals surface area contributed by atoms with E-state index in [-0.39, 0.29) is 25.5 Å². The van der Waals surface area contributed by atoms with E-state index < -0.39 is 30.4 Å². The Balaban J connectivity index is 1.35. The number of nitrogens with zero attached hydrogens (tertiary/aromatic N) is 1. The van der Waals surface area contributed by atoms with E-state index in [4.69, 9.17) is 4.74 Å². The quantitative estimate of drug-likeness (QED) is 0.433. The van der Waals surface area contributed by atoms with Crippen LogP contribution in [0.1, 0.15) is 33.8 Å². The van der Waals surface area contributed by atoms with Gasteiger partial charge in [-0.2, -0.15) is 0 Å². The van der Waals surface area contributed by atoms with Gasteiger partial charge in [0.15, 0.2) is 5.78 Å². The molecule has 2 aliphatic rings. The van der Waals surface area contributed by atoms with E-state index in [1.54, 1.807) is 30.3 Å². The highest BCUT2D eigenvalue weighted by atomic mass is 19.4. The molecule has 0 saturated carbocycles. The van der Waals surface area contributed by atoms with Crippen molar-refractivity contribution in [2.75, 3.05) is 13.2 Å². The van der Waals surface area contributed by atoms with Crippen LogP contribution in [0.15, 0.2) is 78.9 Å². The molecule has 1 aliphatic heterocycles. The molecule has 1 saturated heterocycles. The summed E-state index contributed by atoms with van der Waals surface area (Å²) in [4.78, 5) is 27.2. The number of hydrogen-bond donors (Lipinski definition) is 0. The molecule has 0 spiro atoms. The van der Waals surface area contributed by atoms with Crippen LogP contribution in [-0.4, -0.2) is 48.4 Å². The number of rotatable bonds is 5. The van der Waals surface area contributed by atoms with E-state index >= 15 is 0 Å². The average molecular weight is 481 g/mol. The third kappa shape index (κ3) is 4.66. The van der Waals surface area contributed by atoms with Gasteiger partial charge in [0.05, 0.1) is 12.6 Å². The standard InChI is InChI=1S/C27H22F3NO4/c28-27(29,30)35-18-14-24(25(32)17-8-2-1-3-9-17)31(15-18)26(33)34-16-23-21-12-6-4-10-19(21)20-11-5-7-13-22(20)23/h1-13,18,23-24H,14-16H2/t18-,24+/m1/s1. The van der Waals surface area contributed by atoms with Crippen molar-refractivity contribution in [2.24, 2.45) is 0 Å². The fourth-order valence-corrected chi connectivity index (χ4v) is 4.99. The number of halogens is 3. The predicted octanol–water partition coefficient (Wildman–Crippen LogP) is 5.80. The summed E-state index contributed by atoms with van der Waals surface area (Å²) in [5.41, 5.74) is 4.44. The minimum Gasteiger partial charge on any atom is -0.448 e. The van der Waals surface area contributed by atoms with Crippen molar-refractivity contribution < 1.29 is 32.2 Å². The number of ketones is 1. The molecular weight excluding hydrogens is 459 g/mol. The number of fused-ring (bicyclic) bond motifs is 3. The fourth-order valence-electron chi connectivity index (χ4n) is 4.99. The van der Waals surface area contributed by atoms with Gasteiger partial charge in [0.1, 0.15) is 12.6 Å². The van der Waals surface area contributed by atoms with Crippen LogP contribution < -0.4 is 0 Å². The molecule has 0 radical (unpaired) electrons. The van der Waals surface area contributed by atoms with Gasteiger partial charge in [-0.15, -0.1) is 13.2 Å². The molecular formula is C27H22F3NO4. The zero-order valence-electron chi connectivity index (χ0n) is 18.6. The summed E-state index contributed by atoms with van der Waals surface area (Å²) in [7, 11) is 0. The van der Waals surface area contributed by atoms with Crippen LogP contribution in [0.5, 0.6) is 0 Å². The van der Waals surface area contributed by atoms with Crippen LogP contribution >= 0.6 is 0 Å². The lowest BCUT2D eigenvalue weighted by Gasteiger charge is -2.24. The highest BCUT2D eigenvalue weighted by Crippen LogP contribution is 2.44. The second-order valence-electron chi connectivity index (χ2n) is 8.62. The Hall–Kier alpha value is -3.65. The fraction of sp³-hybridized carbons (Fsp3) is 0.259. The summed E-state index contributed by atoms with van der Waals surface area (Å²) < 4.78 is 48.4. The number of carbonyl (C=O) groups is 2. The summed E-state index contributed by atoms with van der Waals surface area (Å²) in [5.74, 6) is -0.660. The van der Waals surface area contributed by atoms with E-state index in [1.165, 1.54) is 0 Å². The monoisotopic (exact) mass is 481 g/mol. The van der Waals surface area contributed by atoms with Crippen LogP contribution in [0.2, 0.25) is 0 Å². The predicted molar refractivity (Wildman–Crippen MR) is 122 cm³/mol. The molecule has 0 N–H and O–H groups in total. The SMILES string of the molecule is O=C(c1ccccc1)[C@@H]1C[C@@H](OC(F)(F)F)CN1C(=O)OCC1c2ccccc2-c2ccccc21. The van der Waals surface area contributed by atoms with Crippen LogP contribution in [0.25, 0.3) is 11.1 Å². The summed E-state index contributed by atoms with van der Waals surface area (Å²) >= 11 is 0. The molecule has 3 aromatic carbocycles. The zero-order valence-corrected chi connectivity index (χ0v) is 18.6. The van der Waals surface area contributed by atoms with Gasteiger partial charge in [-0.25, -0.2) is 4.79 Å². The average Bonchev–Trinajstić information content (AvgIpc) is 3.41. The van der Waals surface area contributed by atoms with Gasteiger partial charge in [0.25, 0.3) is 0 Å². The molecule has 8 heteroatoms. The lowest BCUT2D eigenvalue weighted by molar-refractivity contribution is -0.340. The summed E-state index contributed by atoms with van der Waals surface area (Å²) in [6, 6.07) is 22.7. The number of hydrogen-bond acceptors (Lipinski definition) is 4. The van der Waals surface area contributed by atoms with E-state index in [1.807, 2.05) is 48.5 Å². The largest absolute Gasteiger partial charge is 0.522 e. The Labute approximate surface area is 200 Å². The molecule has 3 aromatic rings. The van der Waals surface area contributed by atoms with Crippen molar-refractivity contribution in [3.63, 3.8) is 0 Å². The van der Waals surface area contributed by atoms with Gasteiger partial charge in [-0.05, 0) is 22.3 Å². The lowest BCUT2D eigenvalue weighted by Crippen LogP contribution is -2.41. The van der Waals surface area contributed by atoms with Gasteiger partial charge < -0.3 is 4.74 Å². The highest BCUT2D eigenvalue weighted by Gasteiger charge is 2.45. The Morgan fingerprint density at radius 2 is 1.43 bits per heavy atom. The molecule has 2 atom stereocenters. The van der Waals surface area contributed by atoms with Crippen molar-refractivity contribution in [1.29, 1.82) is 0 Å². The molecule has 5 rings (SSSR count). The van der Waals surface area contributed by atoms with Gasteiger partial charge in [-0.1, -0.05) is 78.9 Å². The Bertz CT molecular complexity index is 1200. The first kappa shape index (κ1) is 23.1. The van der Waals surface area contributed by atoms with Crippen molar-refractivity contribution in [3.8, 4) is 11.1 Å². The normalized spacial score (nSPS) is 19.3. The molecule has 1 aliphatic carbocycles. The zero-order chi connectivity index (χ0) is 24.6. The number of likely N-dealkylation sites (tertiary alicyclic amines) is 1. The van der Waals surface area contributed by atoms with Gasteiger partial charge in [0, 0.05) is 17.9 Å². The van der Waals surface area contributed by atoms with Crippen LogP contribution in [0.4, 0.5) is 18.0 Å². The van der Waals surface area contributed by atoms with Gasteiger partial charge in [0.2, 0.25) is 0 Å². The molecule has 1 fully saturated rings. The third-order valence-electron chi connectivity index (χ3n) is 6.49. The minimum atomic E-state index is -4.87. The molecule has 0 bridgehead atoms. The first-order valence-electron chi connectivity index (χ1n) is 11.3. The number of ether oxygens (including phenoxy) is 2. The maximum Gasteiger partial charge on any atom is 0.522 e. The van der Waals surface area contributed by atoms with Crippen LogP contribution in [0, 0.1) is 0 Å². The topological polar surface area (TPSA) is 55.8 Å². The van der Waals surface area contributed by atoms with Gasteiger partial charge in [-0.3, -0.25) is 14.4 Å². The first-order valence-corrected chi connectivity index (χ1v) is 11.3. The maximum absolute atomic E-state index is 13.1. The number of amides is 1. The summed E-state index contributed by atoms with van der Waals surface area (Å²) in [5, 5.41) is 0. The van der Waals surface area contributed by atoms with Crippen LogP contribution in [-0.2, 0) is 9.47 Å². The van der Waals surface area contributed by atoms with Crippen molar-refractivity contribution in [1.82, 2.24) is 4.90 Å². The second-order valence-corrected chi connectivity index (χ2v) is 8.62. The van der Waals surface area contributed by atoms with Gasteiger partial charge >= 0.3 is 12.5 Å². The molecule has 1 amide bonds. The van der Waals surface area contributed by atoms with E-state index in [0.29, 0.717) is 5.56 Å². The van der Waals surface area contributed by atoms with E-state index in [0.717, 1.165) is 27.2 Å². The molecule has 0 aromatic heterocycles. The molecule has 1 heterocycles. The van der Waals surface area contributed by atoms with Crippen molar-refractivity contribution >= 4 is 11.9 Å².